The number of rotatable bonds is 6. The van der Waals surface area contributed by atoms with Crippen LogP contribution in [0.4, 0.5) is 13.2 Å². The molecular weight excluding hydrogens is 359 g/mol. The van der Waals surface area contributed by atoms with Crippen molar-refractivity contribution in [1.82, 2.24) is 4.98 Å². The van der Waals surface area contributed by atoms with Crippen molar-refractivity contribution in [2.24, 2.45) is 0 Å². The van der Waals surface area contributed by atoms with E-state index in [1.807, 2.05) is 19.9 Å². The highest BCUT2D eigenvalue weighted by molar-refractivity contribution is 7.18. The first kappa shape index (κ1) is 20.6. The first-order valence-electron chi connectivity index (χ1n) is 8.49. The Morgan fingerprint density at radius 3 is 2.50 bits per heavy atom. The monoisotopic (exact) mass is 383 g/mol. The van der Waals surface area contributed by atoms with Gasteiger partial charge in [0, 0.05) is 6.42 Å². The quantitative estimate of drug-likeness (QED) is 0.583. The molecule has 142 valence electrons. The third-order valence-corrected chi connectivity index (χ3v) is 5.23. The van der Waals surface area contributed by atoms with Crippen LogP contribution < -0.4 is 0 Å². The van der Waals surface area contributed by atoms with E-state index in [2.05, 4.69) is 4.98 Å². The lowest BCUT2D eigenvalue weighted by molar-refractivity contribution is -0.265. The van der Waals surface area contributed by atoms with Crippen LogP contribution in [-0.2, 0) is 5.60 Å². The van der Waals surface area contributed by atoms with E-state index in [0.29, 0.717) is 11.9 Å². The number of fused-ring (bicyclic) bond motifs is 1. The van der Waals surface area contributed by atoms with Gasteiger partial charge in [-0.1, -0.05) is 29.4 Å². The molecule has 0 saturated heterocycles. The second-order valence-corrected chi connectivity index (χ2v) is 8.08. The number of aromatic nitrogens is 1. The van der Waals surface area contributed by atoms with E-state index < -0.39 is 18.2 Å². The molecule has 1 aromatic carbocycles. The molecule has 0 radical (unpaired) electrons. The topological polar surface area (TPSA) is 33.1 Å². The molecule has 0 fully saturated rings. The van der Waals surface area contributed by atoms with Gasteiger partial charge in [-0.05, 0) is 58.2 Å². The third kappa shape index (κ3) is 4.74. The molecule has 0 bridgehead atoms. The summed E-state index contributed by atoms with van der Waals surface area (Å²) in [6.07, 6.45) is -0.300. The van der Waals surface area contributed by atoms with Crippen molar-refractivity contribution in [3.63, 3.8) is 0 Å². The van der Waals surface area contributed by atoms with E-state index in [1.54, 1.807) is 19.9 Å². The predicted molar refractivity (Wildman–Crippen MR) is 101 cm³/mol. The lowest BCUT2D eigenvalue weighted by Gasteiger charge is -2.30. The number of nitrogens with zero attached hydrogens (tertiary/aromatic N) is 1. The van der Waals surface area contributed by atoms with E-state index in [0.717, 1.165) is 21.7 Å². The van der Waals surface area contributed by atoms with Crippen molar-refractivity contribution in [2.75, 3.05) is 0 Å². The zero-order chi connectivity index (χ0) is 19.5. The highest BCUT2D eigenvalue weighted by atomic mass is 32.1. The fourth-order valence-electron chi connectivity index (χ4n) is 2.71. The molecule has 0 spiro atoms. The minimum atomic E-state index is -4.78. The zero-order valence-corrected chi connectivity index (χ0v) is 16.3. The van der Waals surface area contributed by atoms with E-state index in [9.17, 15) is 18.3 Å². The maximum Gasteiger partial charge on any atom is 0.421 e. The van der Waals surface area contributed by atoms with E-state index in [4.69, 9.17) is 0 Å². The summed E-state index contributed by atoms with van der Waals surface area (Å²) in [4.78, 5) is 4.24. The number of thiazole rings is 1. The van der Waals surface area contributed by atoms with Crippen LogP contribution in [0.5, 0.6) is 0 Å². The van der Waals surface area contributed by atoms with E-state index in [1.165, 1.54) is 35.1 Å². The fraction of sp³-hybridized carbons (Fsp3) is 0.450. The number of aliphatic hydroxyl groups is 1. The Kier molecular flexibility index (Phi) is 6.29. The van der Waals surface area contributed by atoms with Crippen LogP contribution in [0.15, 0.2) is 41.5 Å². The largest absolute Gasteiger partial charge is 0.421 e. The van der Waals surface area contributed by atoms with Crippen LogP contribution in [0.1, 0.15) is 50.6 Å². The van der Waals surface area contributed by atoms with Crippen molar-refractivity contribution in [2.45, 2.75) is 58.7 Å². The number of aryl methyl sites for hydroxylation is 1. The molecule has 2 nitrogen and oxygen atoms in total. The maximum absolute atomic E-state index is 13.7. The average molecular weight is 383 g/mol. The summed E-state index contributed by atoms with van der Waals surface area (Å²) >= 11 is 1.42. The van der Waals surface area contributed by atoms with Gasteiger partial charge in [-0.2, -0.15) is 13.2 Å². The molecule has 1 aromatic heterocycles. The zero-order valence-electron chi connectivity index (χ0n) is 15.4. The standard InChI is InChI=1S/C20H24F3NOS/c1-13(2)6-5-7-14(3)10-11-19(25,20(21,22)23)16-8-9-18-17(12-16)24-15(4)26-18/h6,8-10,12,25H,5,7,11H2,1-4H3/b14-10-. The summed E-state index contributed by atoms with van der Waals surface area (Å²) in [5.74, 6) is 0. The molecule has 1 N–H and O–H groups in total. The Morgan fingerprint density at radius 1 is 1.19 bits per heavy atom. The SMILES string of the molecule is CC(C)=CCC/C(C)=C\CC(O)(c1ccc2sc(C)nc2c1)C(F)(F)F. The van der Waals surface area contributed by atoms with Crippen LogP contribution in [0.25, 0.3) is 10.2 Å². The normalized spacial score (nSPS) is 15.2. The van der Waals surface area contributed by atoms with Crippen LogP contribution in [0.2, 0.25) is 0 Å². The van der Waals surface area contributed by atoms with Crippen molar-refractivity contribution in [3.8, 4) is 0 Å². The van der Waals surface area contributed by atoms with Crippen molar-refractivity contribution < 1.29 is 18.3 Å². The second kappa shape index (κ2) is 7.92. The summed E-state index contributed by atoms with van der Waals surface area (Å²) in [7, 11) is 0. The lowest BCUT2D eigenvalue weighted by atomic mass is 9.88. The number of alkyl halides is 3. The second-order valence-electron chi connectivity index (χ2n) is 6.85. The van der Waals surface area contributed by atoms with Gasteiger partial charge in [0.1, 0.15) is 0 Å². The molecule has 2 rings (SSSR count). The van der Waals surface area contributed by atoms with Crippen molar-refractivity contribution in [3.05, 3.63) is 52.1 Å². The smallest absolute Gasteiger partial charge is 0.376 e. The molecular formula is C20H24F3NOS. The summed E-state index contributed by atoms with van der Waals surface area (Å²) in [5, 5.41) is 11.3. The number of hydrogen-bond donors (Lipinski definition) is 1. The molecule has 1 atom stereocenters. The highest BCUT2D eigenvalue weighted by Gasteiger charge is 2.54. The molecule has 1 heterocycles. The molecule has 6 heteroatoms. The summed E-state index contributed by atoms with van der Waals surface area (Å²) in [5.41, 5.74) is -0.600. The summed E-state index contributed by atoms with van der Waals surface area (Å²) in [6.45, 7) is 7.57. The van der Waals surface area contributed by atoms with E-state index in [-0.39, 0.29) is 5.56 Å². The number of benzene rings is 1. The van der Waals surface area contributed by atoms with Gasteiger partial charge in [0.25, 0.3) is 0 Å². The van der Waals surface area contributed by atoms with Gasteiger partial charge in [0.2, 0.25) is 0 Å². The summed E-state index contributed by atoms with van der Waals surface area (Å²) in [6, 6.07) is 4.29. The van der Waals surface area contributed by atoms with Crippen molar-refractivity contribution in [1.29, 1.82) is 0 Å². The third-order valence-electron chi connectivity index (χ3n) is 4.28. The van der Waals surface area contributed by atoms with Crippen LogP contribution in [0.3, 0.4) is 0 Å². The highest BCUT2D eigenvalue weighted by Crippen LogP contribution is 2.43. The first-order chi connectivity index (χ1) is 12.0. The van der Waals surface area contributed by atoms with Gasteiger partial charge >= 0.3 is 6.18 Å². The fourth-order valence-corrected chi connectivity index (χ4v) is 3.52. The van der Waals surface area contributed by atoms with Gasteiger partial charge in [0.05, 0.1) is 15.2 Å². The first-order valence-corrected chi connectivity index (χ1v) is 9.30. The van der Waals surface area contributed by atoms with Gasteiger partial charge in [-0.3, -0.25) is 0 Å². The number of hydrogen-bond acceptors (Lipinski definition) is 3. The molecule has 1 unspecified atom stereocenters. The van der Waals surface area contributed by atoms with Crippen LogP contribution in [-0.4, -0.2) is 16.3 Å². The van der Waals surface area contributed by atoms with Gasteiger partial charge < -0.3 is 5.11 Å². The minimum absolute atomic E-state index is 0.170. The molecule has 26 heavy (non-hydrogen) atoms. The Morgan fingerprint density at radius 2 is 1.88 bits per heavy atom. The number of allylic oxidation sites excluding steroid dienone is 3. The molecule has 0 amide bonds. The predicted octanol–water partition coefficient (Wildman–Crippen LogP) is 6.44. The molecule has 0 aliphatic carbocycles. The van der Waals surface area contributed by atoms with E-state index >= 15 is 0 Å². The maximum atomic E-state index is 13.7. The van der Waals surface area contributed by atoms with Crippen molar-refractivity contribution >= 4 is 21.6 Å². The van der Waals surface area contributed by atoms with Gasteiger partial charge in [-0.25, -0.2) is 4.98 Å². The van der Waals surface area contributed by atoms with Crippen LogP contribution >= 0.6 is 11.3 Å². The molecule has 0 saturated carbocycles. The lowest BCUT2D eigenvalue weighted by Crippen LogP contribution is -2.42. The average Bonchev–Trinajstić information content (AvgIpc) is 2.90. The number of halogens is 3. The molecule has 0 aliphatic rings. The Balaban J connectivity index is 2.30. The Bertz CT molecular complexity index is 831. The van der Waals surface area contributed by atoms with Gasteiger partial charge in [-0.15, -0.1) is 11.3 Å². The minimum Gasteiger partial charge on any atom is -0.376 e. The van der Waals surface area contributed by atoms with Crippen LogP contribution in [0, 0.1) is 6.92 Å². The Hall–Kier alpha value is -1.66. The Labute approximate surface area is 156 Å². The molecule has 2 aromatic rings. The molecule has 0 aliphatic heterocycles. The van der Waals surface area contributed by atoms with Gasteiger partial charge in [0.15, 0.2) is 5.60 Å². The summed E-state index contributed by atoms with van der Waals surface area (Å²) < 4.78 is 41.9.